The summed E-state index contributed by atoms with van der Waals surface area (Å²) in [5, 5.41) is 0. The zero-order valence-corrected chi connectivity index (χ0v) is 72.5. The van der Waals surface area contributed by atoms with Gasteiger partial charge in [-0.25, -0.2) is 0 Å². The molecule has 0 aromatic carbocycles. The fraction of sp³-hybridized carbons (Fsp3) is 0. The summed E-state index contributed by atoms with van der Waals surface area (Å²) in [6.45, 7) is 0. The van der Waals surface area contributed by atoms with Gasteiger partial charge in [0.25, 0.3) is 0 Å². The summed E-state index contributed by atoms with van der Waals surface area (Å²) < 4.78 is 0. The van der Waals surface area contributed by atoms with E-state index in [2.05, 4.69) is 0 Å². The Bertz CT molecular complexity index is 80.7. The van der Waals surface area contributed by atoms with Crippen LogP contribution in [0, 0.1) is 0 Å². The predicted octanol–water partition coefficient (Wildman–Crippen LogP) is -31.3. The van der Waals surface area contributed by atoms with Gasteiger partial charge < -0.3 is 186 Å². The van der Waals surface area contributed by atoms with Crippen molar-refractivity contribution in [3.05, 3.63) is 0 Å². The minimum Gasteiger partial charge on any atom is -2.00 e. The van der Waals surface area contributed by atoms with E-state index in [1.54, 1.807) is 0 Å². The number of hydrogen-bond donors (Lipinski definition) is 0. The maximum atomic E-state index is 0. The van der Waals surface area contributed by atoms with E-state index in [9.17, 15) is 0 Å². The van der Waals surface area contributed by atoms with Crippen LogP contribution >= 0.6 is 0 Å². The van der Waals surface area contributed by atoms with Crippen molar-refractivity contribution in [1.29, 1.82) is 0 Å². The standard InChI is InChI=1S/9Na.34O.Si.9W/q9*+1;34*-2;+4;;;;;;;;;/p+1. The van der Waals surface area contributed by atoms with Crippen molar-refractivity contribution in [2.45, 2.75) is 0 Å². The molecule has 0 rings (SSSR count). The van der Waals surface area contributed by atoms with Crippen LogP contribution in [0.5, 0.6) is 0 Å². The Morgan fingerprint density at radius 1 is 0.0943 bits per heavy atom. The zero-order valence-electron chi connectivity index (χ0n) is 28.1. The maximum Gasteiger partial charge on any atom is 4.00 e. The third kappa shape index (κ3) is 1370. The topological polar surface area (TPSA) is 969 Å². The van der Waals surface area contributed by atoms with Crippen molar-refractivity contribution in [1.82, 2.24) is 0 Å². The summed E-state index contributed by atoms with van der Waals surface area (Å²) in [4.78, 5) is 0. The average molecular weight is 2430 g/mol. The van der Waals surface area contributed by atoms with Crippen LogP contribution in [-0.2, 0) is 376 Å². The van der Waals surface area contributed by atoms with Gasteiger partial charge >= 0.3 is 278 Å². The molecule has 0 aromatic heterocycles. The van der Waals surface area contributed by atoms with Crippen LogP contribution in [0.3, 0.4) is 0 Å². The molecule has 0 fully saturated rings. The van der Waals surface area contributed by atoms with Crippen LogP contribution in [0.15, 0.2) is 0 Å². The van der Waals surface area contributed by atoms with Crippen LogP contribution in [0.4, 0.5) is 0 Å². The van der Waals surface area contributed by atoms with E-state index >= 15 is 0 Å². The summed E-state index contributed by atoms with van der Waals surface area (Å²) in [5.41, 5.74) is 0. The molecule has 0 aliphatic rings. The largest absolute Gasteiger partial charge is 4.00 e. The van der Waals surface area contributed by atoms with Crippen LogP contribution in [0.2, 0.25) is 0 Å². The molecule has 0 aliphatic heterocycles. The monoisotopic (exact) mass is 2440 g/mol. The molecule has 34 nitrogen and oxygen atoms in total. The summed E-state index contributed by atoms with van der Waals surface area (Å²) in [7, 11) is 0. The first kappa shape index (κ1) is 1480. The normalized spacial score (nSPS) is 0. The predicted molar refractivity (Wildman–Crippen MR) is 30.2 cm³/mol. The summed E-state index contributed by atoms with van der Waals surface area (Å²) in [5.74, 6) is 0. The first-order valence-electron chi connectivity index (χ1n) is 0. The van der Waals surface area contributed by atoms with Gasteiger partial charge in [0.1, 0.15) is 0 Å². The SMILES string of the molecule is [H+].[Na+].[Na+].[Na+].[Na+].[Na+].[Na+].[Na+].[Na+].[Na+].[O-2].[O-2].[O-2].[O-2].[O-2].[O-2].[O-2].[O-2].[O-2].[O-2].[O-2].[O-2].[O-2].[O-2].[O-2].[O-2].[O-2].[O-2].[O-2].[O-2].[O-2].[O-2].[O-2].[O-2].[O-2].[O-2].[O-2].[O-2].[O-2].[O-2].[O-2].[O-2].[O-2].[O-2].[Si+4].[W].[W].[W].[W].[W].[W].[W].[W].[W]. The van der Waals surface area contributed by atoms with Gasteiger partial charge in [-0.2, -0.15) is 0 Å². The molecule has 0 aliphatic carbocycles. The molecular formula is HNa9O34SiW9-54. The Hall–Kier alpha value is 14.1. The second-order valence-corrected chi connectivity index (χ2v) is 0. The van der Waals surface area contributed by atoms with Crippen LogP contribution in [-0.4, -0.2) is 11.0 Å². The van der Waals surface area contributed by atoms with Crippen LogP contribution in [0.1, 0.15) is 1.43 Å². The molecule has 0 spiro atoms. The second-order valence-electron chi connectivity index (χ2n) is 0. The summed E-state index contributed by atoms with van der Waals surface area (Å²) >= 11 is 0. The molecule has 0 bridgehead atoms. The van der Waals surface area contributed by atoms with Gasteiger partial charge in [-0.3, -0.25) is 0 Å². The Labute approximate surface area is 639 Å². The molecule has 53 heteroatoms. The quantitative estimate of drug-likeness (QED) is 0.204. The first-order valence-corrected chi connectivity index (χ1v) is 0. The van der Waals surface area contributed by atoms with Crippen molar-refractivity contribution >= 4 is 11.0 Å². The van der Waals surface area contributed by atoms with Gasteiger partial charge in [0, 0.05) is 190 Å². The van der Waals surface area contributed by atoms with E-state index in [0.29, 0.717) is 0 Å². The van der Waals surface area contributed by atoms with Gasteiger partial charge in [-0.1, -0.05) is 0 Å². The number of hydrogen-bond acceptors (Lipinski definition) is 0. The van der Waals surface area contributed by atoms with Crippen molar-refractivity contribution in [3.63, 3.8) is 0 Å². The third-order valence-corrected chi connectivity index (χ3v) is 0. The molecule has 326 valence electrons. The molecule has 0 heterocycles. The fourth-order valence-electron chi connectivity index (χ4n) is 0. The average Bonchev–Trinajstić information content (AvgIpc) is 0. The van der Waals surface area contributed by atoms with E-state index in [-0.39, 0.29) is 654 Å². The molecule has 0 N–H and O–H groups in total. The molecule has 53 heavy (non-hydrogen) atoms. The van der Waals surface area contributed by atoms with Gasteiger partial charge in [0.2, 0.25) is 0 Å². The van der Waals surface area contributed by atoms with Crippen molar-refractivity contribution < 1.29 is 643 Å². The van der Waals surface area contributed by atoms with E-state index in [1.165, 1.54) is 0 Å². The second kappa shape index (κ2) is 1420. The molecule has 0 saturated heterocycles. The fourth-order valence-corrected chi connectivity index (χ4v) is 0. The zero-order chi connectivity index (χ0) is 0. The van der Waals surface area contributed by atoms with Gasteiger partial charge in [0.15, 0.2) is 0 Å². The Morgan fingerprint density at radius 3 is 0.0943 bits per heavy atom. The molecule has 0 amide bonds. The smallest absolute Gasteiger partial charge is 2.00 e. The Morgan fingerprint density at radius 2 is 0.0943 bits per heavy atom. The third-order valence-electron chi connectivity index (χ3n) is 0. The molecular weight excluding hydrogens is 2430 g/mol. The van der Waals surface area contributed by atoms with E-state index < -0.39 is 0 Å². The van der Waals surface area contributed by atoms with E-state index in [4.69, 9.17) is 0 Å². The minimum absolute atomic E-state index is 0. The Kier molecular flexibility index (Phi) is 39600. The molecule has 0 saturated carbocycles. The van der Waals surface area contributed by atoms with E-state index in [0.717, 1.165) is 0 Å². The molecule has 0 atom stereocenters. The van der Waals surface area contributed by atoms with E-state index in [1.807, 2.05) is 0 Å². The summed E-state index contributed by atoms with van der Waals surface area (Å²) in [6.07, 6.45) is 0. The van der Waals surface area contributed by atoms with Crippen molar-refractivity contribution in [3.8, 4) is 0 Å². The first-order chi connectivity index (χ1) is 0. The van der Waals surface area contributed by atoms with Crippen LogP contribution in [0.25, 0.3) is 0 Å². The van der Waals surface area contributed by atoms with Gasteiger partial charge in [-0.15, -0.1) is 0 Å². The molecule has 0 unspecified atom stereocenters. The minimum atomic E-state index is 0. The van der Waals surface area contributed by atoms with Gasteiger partial charge in [-0.05, 0) is 0 Å². The molecule has 0 radical (unpaired) electrons. The molecule has 0 aromatic rings. The Balaban J connectivity index is 0. The maximum absolute atomic E-state index is 0. The van der Waals surface area contributed by atoms with Crippen LogP contribution < -0.4 is 266 Å². The van der Waals surface area contributed by atoms with Crippen molar-refractivity contribution in [2.24, 2.45) is 0 Å². The van der Waals surface area contributed by atoms with Gasteiger partial charge in [0.05, 0.1) is 0 Å². The number of rotatable bonds is 0. The summed E-state index contributed by atoms with van der Waals surface area (Å²) in [6, 6.07) is 0. The van der Waals surface area contributed by atoms with Crippen molar-refractivity contribution in [2.75, 3.05) is 0 Å².